The van der Waals surface area contributed by atoms with Gasteiger partial charge in [-0.2, -0.15) is 0 Å². The van der Waals surface area contributed by atoms with Gasteiger partial charge < -0.3 is 10.6 Å². The minimum absolute atomic E-state index is 0.630. The highest BCUT2D eigenvalue weighted by molar-refractivity contribution is 7.15. The highest BCUT2D eigenvalue weighted by Crippen LogP contribution is 2.24. The van der Waals surface area contributed by atoms with Crippen molar-refractivity contribution in [3.05, 3.63) is 17.3 Å². The molecule has 0 atom stereocenters. The predicted molar refractivity (Wildman–Crippen MR) is 73.9 cm³/mol. The van der Waals surface area contributed by atoms with Crippen LogP contribution in [0.3, 0.4) is 0 Å². The SMILES string of the molecule is CC(C)CN(C)c1nc2sccn2c1CCN. The summed E-state index contributed by atoms with van der Waals surface area (Å²) in [5.41, 5.74) is 6.92. The van der Waals surface area contributed by atoms with Crippen molar-refractivity contribution in [2.75, 3.05) is 25.0 Å². The molecule has 2 rings (SSSR count). The number of hydrogen-bond acceptors (Lipinski definition) is 4. The van der Waals surface area contributed by atoms with Crippen LogP contribution in [0, 0.1) is 5.92 Å². The van der Waals surface area contributed by atoms with E-state index in [2.05, 4.69) is 41.8 Å². The van der Waals surface area contributed by atoms with Crippen LogP contribution in [0.2, 0.25) is 0 Å². The number of nitrogens with two attached hydrogens (primary N) is 1. The van der Waals surface area contributed by atoms with Gasteiger partial charge in [0.25, 0.3) is 0 Å². The van der Waals surface area contributed by atoms with E-state index in [1.807, 2.05) is 0 Å². The van der Waals surface area contributed by atoms with E-state index in [1.165, 1.54) is 5.69 Å². The van der Waals surface area contributed by atoms with Gasteiger partial charge in [-0.3, -0.25) is 4.40 Å². The van der Waals surface area contributed by atoms with Crippen molar-refractivity contribution in [2.24, 2.45) is 11.7 Å². The molecule has 2 aromatic heterocycles. The first-order chi connectivity index (χ1) is 8.13. The fourth-order valence-electron chi connectivity index (χ4n) is 2.13. The maximum Gasteiger partial charge on any atom is 0.195 e. The van der Waals surface area contributed by atoms with Crippen molar-refractivity contribution in [3.63, 3.8) is 0 Å². The third kappa shape index (κ3) is 2.45. The molecule has 0 unspecified atom stereocenters. The van der Waals surface area contributed by atoms with E-state index in [4.69, 9.17) is 10.7 Å². The summed E-state index contributed by atoms with van der Waals surface area (Å²) < 4.78 is 2.16. The van der Waals surface area contributed by atoms with Crippen LogP contribution in [0.25, 0.3) is 4.96 Å². The molecule has 0 aliphatic carbocycles. The van der Waals surface area contributed by atoms with Crippen LogP contribution in [0.1, 0.15) is 19.5 Å². The zero-order valence-electron chi connectivity index (χ0n) is 10.7. The zero-order chi connectivity index (χ0) is 12.4. The number of fused-ring (bicyclic) bond motifs is 1. The molecule has 4 nitrogen and oxygen atoms in total. The topological polar surface area (TPSA) is 46.6 Å². The maximum atomic E-state index is 5.69. The van der Waals surface area contributed by atoms with Crippen LogP contribution in [-0.4, -0.2) is 29.5 Å². The molecule has 0 fully saturated rings. The van der Waals surface area contributed by atoms with Crippen LogP contribution in [0.15, 0.2) is 11.6 Å². The molecule has 0 radical (unpaired) electrons. The number of imidazole rings is 1. The lowest BCUT2D eigenvalue weighted by Crippen LogP contribution is -2.24. The van der Waals surface area contributed by atoms with E-state index in [0.29, 0.717) is 12.5 Å². The largest absolute Gasteiger partial charge is 0.358 e. The zero-order valence-corrected chi connectivity index (χ0v) is 11.5. The highest BCUT2D eigenvalue weighted by Gasteiger charge is 2.16. The Kier molecular flexibility index (Phi) is 3.69. The summed E-state index contributed by atoms with van der Waals surface area (Å²) in [5, 5.41) is 2.06. The van der Waals surface area contributed by atoms with Gasteiger partial charge in [0.15, 0.2) is 10.8 Å². The lowest BCUT2D eigenvalue weighted by Gasteiger charge is -2.20. The Morgan fingerprint density at radius 1 is 1.53 bits per heavy atom. The Balaban J connectivity index is 2.37. The van der Waals surface area contributed by atoms with E-state index in [0.717, 1.165) is 23.7 Å². The Morgan fingerprint density at radius 2 is 2.29 bits per heavy atom. The standard InChI is InChI=1S/C12H20N4S/c1-9(2)8-15(3)11-10(4-5-13)16-6-7-17-12(16)14-11/h6-7,9H,4-5,8,13H2,1-3H3. The second-order valence-corrected chi connectivity index (χ2v) is 5.62. The van der Waals surface area contributed by atoms with Gasteiger partial charge in [0, 0.05) is 31.6 Å². The van der Waals surface area contributed by atoms with Gasteiger partial charge in [0.2, 0.25) is 0 Å². The molecule has 94 valence electrons. The molecule has 2 heterocycles. The molecule has 0 aliphatic heterocycles. The molecule has 2 aromatic rings. The number of hydrogen-bond donors (Lipinski definition) is 1. The van der Waals surface area contributed by atoms with Crippen LogP contribution in [0.4, 0.5) is 5.82 Å². The molecule has 0 saturated carbocycles. The van der Waals surface area contributed by atoms with E-state index in [-0.39, 0.29) is 0 Å². The van der Waals surface area contributed by atoms with Gasteiger partial charge in [-0.05, 0) is 12.5 Å². The van der Waals surface area contributed by atoms with E-state index in [1.54, 1.807) is 11.3 Å². The van der Waals surface area contributed by atoms with Gasteiger partial charge in [0.1, 0.15) is 0 Å². The Morgan fingerprint density at radius 3 is 2.94 bits per heavy atom. The van der Waals surface area contributed by atoms with Crippen LogP contribution < -0.4 is 10.6 Å². The number of thiazole rings is 1. The fraction of sp³-hybridized carbons (Fsp3) is 0.583. The number of aromatic nitrogens is 2. The summed E-state index contributed by atoms with van der Waals surface area (Å²) in [7, 11) is 2.10. The molecular formula is C12H20N4S. The Hall–Kier alpha value is -1.07. The highest BCUT2D eigenvalue weighted by atomic mass is 32.1. The summed E-state index contributed by atoms with van der Waals surface area (Å²) in [6.07, 6.45) is 2.94. The van der Waals surface area contributed by atoms with E-state index < -0.39 is 0 Å². The molecule has 0 spiro atoms. The second kappa shape index (κ2) is 5.06. The quantitative estimate of drug-likeness (QED) is 0.885. The van der Waals surface area contributed by atoms with Gasteiger partial charge in [-0.25, -0.2) is 4.98 Å². The normalized spacial score (nSPS) is 11.6. The maximum absolute atomic E-state index is 5.69. The Labute approximate surface area is 106 Å². The summed E-state index contributed by atoms with van der Waals surface area (Å²) in [6, 6.07) is 0. The van der Waals surface area contributed by atoms with Crippen LogP contribution >= 0.6 is 11.3 Å². The molecule has 0 amide bonds. The molecule has 0 aliphatic rings. The van der Waals surface area contributed by atoms with Crippen LogP contribution in [-0.2, 0) is 6.42 Å². The molecule has 0 bridgehead atoms. The Bertz CT molecular complexity index is 486. The van der Waals surface area contributed by atoms with Gasteiger partial charge in [-0.15, -0.1) is 11.3 Å². The molecular weight excluding hydrogens is 232 g/mol. The monoisotopic (exact) mass is 252 g/mol. The number of rotatable bonds is 5. The third-order valence-electron chi connectivity index (χ3n) is 2.72. The summed E-state index contributed by atoms with van der Waals surface area (Å²) in [4.78, 5) is 7.98. The molecule has 2 N–H and O–H groups in total. The lowest BCUT2D eigenvalue weighted by atomic mass is 10.2. The third-order valence-corrected chi connectivity index (χ3v) is 3.48. The van der Waals surface area contributed by atoms with Crippen molar-refractivity contribution in [1.29, 1.82) is 0 Å². The number of anilines is 1. The summed E-state index contributed by atoms with van der Waals surface area (Å²) in [5.74, 6) is 1.71. The van der Waals surface area contributed by atoms with E-state index in [9.17, 15) is 0 Å². The molecule has 0 saturated heterocycles. The van der Waals surface area contributed by atoms with Gasteiger partial charge >= 0.3 is 0 Å². The first-order valence-electron chi connectivity index (χ1n) is 5.99. The van der Waals surface area contributed by atoms with Crippen molar-refractivity contribution in [2.45, 2.75) is 20.3 Å². The summed E-state index contributed by atoms with van der Waals surface area (Å²) in [6.45, 7) is 6.11. The number of nitrogens with zero attached hydrogens (tertiary/aromatic N) is 3. The second-order valence-electron chi connectivity index (χ2n) is 4.75. The van der Waals surface area contributed by atoms with E-state index >= 15 is 0 Å². The lowest BCUT2D eigenvalue weighted by molar-refractivity contribution is 0.633. The molecule has 0 aromatic carbocycles. The van der Waals surface area contributed by atoms with Crippen LogP contribution in [0.5, 0.6) is 0 Å². The first-order valence-corrected chi connectivity index (χ1v) is 6.87. The predicted octanol–water partition coefficient (Wildman–Crippen LogP) is 1.99. The molecule has 17 heavy (non-hydrogen) atoms. The van der Waals surface area contributed by atoms with Gasteiger partial charge in [0.05, 0.1) is 5.69 Å². The minimum Gasteiger partial charge on any atom is -0.358 e. The van der Waals surface area contributed by atoms with Gasteiger partial charge in [-0.1, -0.05) is 13.8 Å². The van der Waals surface area contributed by atoms with Crippen molar-refractivity contribution in [3.8, 4) is 0 Å². The smallest absolute Gasteiger partial charge is 0.195 e. The minimum atomic E-state index is 0.630. The average molecular weight is 252 g/mol. The van der Waals surface area contributed by atoms with Crippen molar-refractivity contribution >= 4 is 22.1 Å². The summed E-state index contributed by atoms with van der Waals surface area (Å²) >= 11 is 1.67. The van der Waals surface area contributed by atoms with Crippen molar-refractivity contribution in [1.82, 2.24) is 9.38 Å². The first kappa shape index (κ1) is 12.4. The molecule has 5 heteroatoms. The average Bonchev–Trinajstić information content (AvgIpc) is 2.79. The van der Waals surface area contributed by atoms with Crippen molar-refractivity contribution < 1.29 is 0 Å². The fourth-order valence-corrected chi connectivity index (χ4v) is 2.86.